The molecule has 0 N–H and O–H groups in total. The Morgan fingerprint density at radius 2 is 1.92 bits per heavy atom. The number of benzene rings is 1. The van der Waals surface area contributed by atoms with Crippen molar-refractivity contribution in [2.24, 2.45) is 0 Å². The van der Waals surface area contributed by atoms with E-state index in [2.05, 4.69) is 22.9 Å². The van der Waals surface area contributed by atoms with Crippen LogP contribution in [0, 0.1) is 0 Å². The highest BCUT2D eigenvalue weighted by Crippen LogP contribution is 2.28. The number of piperazine rings is 1. The molecule has 1 aromatic heterocycles. The number of anilines is 1. The van der Waals surface area contributed by atoms with E-state index >= 15 is 0 Å². The second kappa shape index (κ2) is 8.01. The number of ether oxygens (including phenoxy) is 1. The molecule has 3 rings (SSSR count). The molecule has 0 aliphatic carbocycles. The number of pyridine rings is 1. The summed E-state index contributed by atoms with van der Waals surface area (Å²) in [5.41, 5.74) is 2.21. The topological polar surface area (TPSA) is 45.7 Å². The lowest BCUT2D eigenvalue weighted by Crippen LogP contribution is -2.49. The van der Waals surface area contributed by atoms with Crippen LogP contribution in [0.1, 0.15) is 24.8 Å². The second-order valence-electron chi connectivity index (χ2n) is 6.43. The summed E-state index contributed by atoms with van der Waals surface area (Å²) in [5.74, 6) is 1.29. The van der Waals surface area contributed by atoms with Crippen LogP contribution in [-0.4, -0.2) is 49.1 Å². The van der Waals surface area contributed by atoms with Gasteiger partial charge in [0.25, 0.3) is 0 Å². The van der Waals surface area contributed by atoms with Crippen LogP contribution in [0.5, 0.6) is 5.75 Å². The number of para-hydroxylation sites is 2. The zero-order valence-electron chi connectivity index (χ0n) is 14.9. The summed E-state index contributed by atoms with van der Waals surface area (Å²) in [4.78, 5) is 21.0. The van der Waals surface area contributed by atoms with Gasteiger partial charge < -0.3 is 14.5 Å². The second-order valence-corrected chi connectivity index (χ2v) is 6.43. The molecule has 5 nitrogen and oxygen atoms in total. The Morgan fingerprint density at radius 3 is 2.60 bits per heavy atom. The van der Waals surface area contributed by atoms with Gasteiger partial charge in [-0.1, -0.05) is 25.1 Å². The third-order valence-electron chi connectivity index (χ3n) is 4.79. The predicted molar refractivity (Wildman–Crippen MR) is 99.1 cm³/mol. The number of rotatable bonds is 5. The zero-order chi connectivity index (χ0) is 17.6. The van der Waals surface area contributed by atoms with Crippen LogP contribution in [0.25, 0.3) is 0 Å². The fourth-order valence-electron chi connectivity index (χ4n) is 3.26. The molecule has 2 heterocycles. The van der Waals surface area contributed by atoms with E-state index in [4.69, 9.17) is 4.74 Å². The molecule has 25 heavy (non-hydrogen) atoms. The SMILES string of the molecule is COc1ccccc1N1CCN(C(=O)CC(C)c2cccnc2)CC1. The van der Waals surface area contributed by atoms with Gasteiger partial charge in [0.2, 0.25) is 5.91 Å². The van der Waals surface area contributed by atoms with Crippen molar-refractivity contribution in [1.29, 1.82) is 0 Å². The Balaban J connectivity index is 1.56. The van der Waals surface area contributed by atoms with E-state index in [1.807, 2.05) is 41.4 Å². The summed E-state index contributed by atoms with van der Waals surface area (Å²) in [7, 11) is 1.69. The molecule has 132 valence electrons. The number of methoxy groups -OCH3 is 1. The number of amides is 1. The third kappa shape index (κ3) is 4.10. The number of carbonyl (C=O) groups excluding carboxylic acids is 1. The van der Waals surface area contributed by atoms with Gasteiger partial charge in [-0.05, 0) is 29.7 Å². The minimum Gasteiger partial charge on any atom is -0.495 e. The average Bonchev–Trinajstić information content (AvgIpc) is 2.68. The van der Waals surface area contributed by atoms with Gasteiger partial charge in [0.15, 0.2) is 0 Å². The first kappa shape index (κ1) is 17.3. The van der Waals surface area contributed by atoms with Gasteiger partial charge in [-0.3, -0.25) is 9.78 Å². The summed E-state index contributed by atoms with van der Waals surface area (Å²) in [5, 5.41) is 0. The molecule has 1 atom stereocenters. The summed E-state index contributed by atoms with van der Waals surface area (Å²) in [6.07, 6.45) is 4.13. The van der Waals surface area contributed by atoms with Gasteiger partial charge in [-0.25, -0.2) is 0 Å². The molecule has 1 aromatic carbocycles. The highest BCUT2D eigenvalue weighted by atomic mass is 16.5. The molecule has 1 aliphatic rings. The maximum Gasteiger partial charge on any atom is 0.223 e. The number of nitrogens with zero attached hydrogens (tertiary/aromatic N) is 3. The van der Waals surface area contributed by atoms with Crippen LogP contribution in [0.15, 0.2) is 48.8 Å². The van der Waals surface area contributed by atoms with Gasteiger partial charge >= 0.3 is 0 Å². The van der Waals surface area contributed by atoms with E-state index in [1.165, 1.54) is 0 Å². The molecular formula is C20H25N3O2. The van der Waals surface area contributed by atoms with Crippen molar-refractivity contribution in [2.45, 2.75) is 19.3 Å². The Labute approximate surface area is 149 Å². The molecule has 5 heteroatoms. The van der Waals surface area contributed by atoms with E-state index in [-0.39, 0.29) is 11.8 Å². The van der Waals surface area contributed by atoms with Crippen molar-refractivity contribution >= 4 is 11.6 Å². The molecule has 2 aromatic rings. The van der Waals surface area contributed by atoms with Crippen molar-refractivity contribution in [3.05, 3.63) is 54.4 Å². The van der Waals surface area contributed by atoms with Gasteiger partial charge in [0, 0.05) is 45.0 Å². The lowest BCUT2D eigenvalue weighted by molar-refractivity contribution is -0.131. The third-order valence-corrected chi connectivity index (χ3v) is 4.79. The first-order valence-corrected chi connectivity index (χ1v) is 8.74. The molecular weight excluding hydrogens is 314 g/mol. The Bertz CT molecular complexity index is 697. The fraction of sp³-hybridized carbons (Fsp3) is 0.400. The van der Waals surface area contributed by atoms with Crippen LogP contribution < -0.4 is 9.64 Å². The van der Waals surface area contributed by atoms with E-state index in [0.29, 0.717) is 6.42 Å². The molecule has 1 saturated heterocycles. The lowest BCUT2D eigenvalue weighted by atomic mass is 9.99. The summed E-state index contributed by atoms with van der Waals surface area (Å²) in [6, 6.07) is 12.0. The van der Waals surface area contributed by atoms with Crippen LogP contribution in [-0.2, 0) is 4.79 Å². The van der Waals surface area contributed by atoms with E-state index < -0.39 is 0 Å². The van der Waals surface area contributed by atoms with Gasteiger partial charge in [0.1, 0.15) is 5.75 Å². The van der Waals surface area contributed by atoms with Crippen molar-refractivity contribution in [3.63, 3.8) is 0 Å². The minimum atomic E-state index is 0.188. The van der Waals surface area contributed by atoms with E-state index in [9.17, 15) is 4.79 Å². The Morgan fingerprint density at radius 1 is 1.16 bits per heavy atom. The maximum absolute atomic E-state index is 12.6. The fourth-order valence-corrected chi connectivity index (χ4v) is 3.26. The van der Waals surface area contributed by atoms with Gasteiger partial charge in [-0.2, -0.15) is 0 Å². The van der Waals surface area contributed by atoms with E-state index in [0.717, 1.165) is 43.2 Å². The van der Waals surface area contributed by atoms with E-state index in [1.54, 1.807) is 13.3 Å². The van der Waals surface area contributed by atoms with Crippen molar-refractivity contribution in [3.8, 4) is 5.75 Å². The Hall–Kier alpha value is -2.56. The summed E-state index contributed by atoms with van der Waals surface area (Å²) in [6.45, 7) is 5.23. The first-order valence-electron chi connectivity index (χ1n) is 8.74. The number of hydrogen-bond donors (Lipinski definition) is 0. The average molecular weight is 339 g/mol. The molecule has 0 spiro atoms. The van der Waals surface area contributed by atoms with Crippen LogP contribution in [0.2, 0.25) is 0 Å². The summed E-state index contributed by atoms with van der Waals surface area (Å²) >= 11 is 0. The smallest absolute Gasteiger partial charge is 0.223 e. The normalized spacial score (nSPS) is 15.8. The molecule has 0 radical (unpaired) electrons. The lowest BCUT2D eigenvalue weighted by Gasteiger charge is -2.37. The molecule has 0 bridgehead atoms. The first-order chi connectivity index (χ1) is 12.2. The molecule has 1 aliphatic heterocycles. The minimum absolute atomic E-state index is 0.188. The molecule has 1 amide bonds. The number of aromatic nitrogens is 1. The predicted octanol–water partition coefficient (Wildman–Crippen LogP) is 2.93. The molecule has 1 unspecified atom stereocenters. The molecule has 0 saturated carbocycles. The highest BCUT2D eigenvalue weighted by molar-refractivity contribution is 5.77. The standard InChI is InChI=1S/C20H25N3O2/c1-16(17-6-5-9-21-15-17)14-20(24)23-12-10-22(11-13-23)18-7-3-4-8-19(18)25-2/h3-9,15-16H,10-14H2,1-2H3. The monoisotopic (exact) mass is 339 g/mol. The van der Waals surface area contributed by atoms with Crippen LogP contribution >= 0.6 is 0 Å². The zero-order valence-corrected chi connectivity index (χ0v) is 14.9. The number of hydrogen-bond acceptors (Lipinski definition) is 4. The number of carbonyl (C=O) groups is 1. The van der Waals surface area contributed by atoms with Crippen molar-refractivity contribution in [1.82, 2.24) is 9.88 Å². The molecule has 1 fully saturated rings. The summed E-state index contributed by atoms with van der Waals surface area (Å²) < 4.78 is 5.45. The van der Waals surface area contributed by atoms with Crippen molar-refractivity contribution in [2.75, 3.05) is 38.2 Å². The quantitative estimate of drug-likeness (QED) is 0.840. The highest BCUT2D eigenvalue weighted by Gasteiger charge is 2.24. The Kier molecular flexibility index (Phi) is 5.53. The van der Waals surface area contributed by atoms with Crippen LogP contribution in [0.4, 0.5) is 5.69 Å². The van der Waals surface area contributed by atoms with Crippen LogP contribution in [0.3, 0.4) is 0 Å². The van der Waals surface area contributed by atoms with Gasteiger partial charge in [-0.15, -0.1) is 0 Å². The largest absolute Gasteiger partial charge is 0.495 e. The van der Waals surface area contributed by atoms with Gasteiger partial charge in [0.05, 0.1) is 12.8 Å². The maximum atomic E-state index is 12.6. The van der Waals surface area contributed by atoms with Crippen molar-refractivity contribution < 1.29 is 9.53 Å².